The van der Waals surface area contributed by atoms with Gasteiger partial charge in [0.15, 0.2) is 0 Å². The van der Waals surface area contributed by atoms with E-state index in [1.54, 1.807) is 17.0 Å². The molecule has 2 amide bonds. The molecular weight excluding hydrogens is 460 g/mol. The fraction of sp³-hybridized carbons (Fsp3) is 0.304. The fourth-order valence-electron chi connectivity index (χ4n) is 3.41. The summed E-state index contributed by atoms with van der Waals surface area (Å²) in [4.78, 5) is 31.7. The number of hydrogen-bond donors (Lipinski definition) is 1. The van der Waals surface area contributed by atoms with Gasteiger partial charge >= 0.3 is 0 Å². The van der Waals surface area contributed by atoms with Gasteiger partial charge in [-0.3, -0.25) is 9.59 Å². The molecule has 1 atom stereocenters. The third-order valence-corrected chi connectivity index (χ3v) is 5.81. The van der Waals surface area contributed by atoms with E-state index in [2.05, 4.69) is 31.4 Å². The molecule has 0 bridgehead atoms. The van der Waals surface area contributed by atoms with Crippen LogP contribution < -0.4 is 10.2 Å². The van der Waals surface area contributed by atoms with Gasteiger partial charge in [0.2, 0.25) is 23.5 Å². The highest BCUT2D eigenvalue weighted by molar-refractivity contribution is 9.10. The average molecular weight is 483 g/mol. The summed E-state index contributed by atoms with van der Waals surface area (Å²) in [5, 5.41) is 6.88. The SMILES string of the molecule is CC(C)(C)c1nc(-c2ccc(NC(=O)C3CCN(c4ccccc4Br)C3=O)cc2)no1. The maximum Gasteiger partial charge on any atom is 0.239 e. The molecule has 0 radical (unpaired) electrons. The van der Waals surface area contributed by atoms with Crippen LogP contribution in [0, 0.1) is 5.92 Å². The third kappa shape index (κ3) is 4.39. The molecule has 1 unspecified atom stereocenters. The first-order chi connectivity index (χ1) is 14.7. The van der Waals surface area contributed by atoms with Gasteiger partial charge < -0.3 is 14.7 Å². The molecule has 0 aliphatic carbocycles. The first kappa shape index (κ1) is 21.2. The van der Waals surface area contributed by atoms with Gasteiger partial charge in [-0.1, -0.05) is 38.1 Å². The predicted octanol–water partition coefficient (Wildman–Crippen LogP) is 4.79. The average Bonchev–Trinajstić information content (AvgIpc) is 3.36. The number of nitrogens with one attached hydrogen (secondary N) is 1. The van der Waals surface area contributed by atoms with Crippen LogP contribution in [0.1, 0.15) is 33.1 Å². The molecule has 8 heteroatoms. The molecule has 160 valence electrons. The van der Waals surface area contributed by atoms with Crippen molar-refractivity contribution in [2.24, 2.45) is 5.92 Å². The van der Waals surface area contributed by atoms with Crippen molar-refractivity contribution < 1.29 is 14.1 Å². The minimum Gasteiger partial charge on any atom is -0.338 e. The third-order valence-electron chi connectivity index (χ3n) is 5.14. The van der Waals surface area contributed by atoms with E-state index >= 15 is 0 Å². The van der Waals surface area contributed by atoms with Gasteiger partial charge in [-0.15, -0.1) is 0 Å². The number of carbonyl (C=O) groups is 2. The topological polar surface area (TPSA) is 88.3 Å². The molecule has 0 saturated carbocycles. The number of nitrogens with zero attached hydrogens (tertiary/aromatic N) is 3. The summed E-state index contributed by atoms with van der Waals surface area (Å²) < 4.78 is 6.17. The van der Waals surface area contributed by atoms with Crippen LogP contribution in [-0.2, 0) is 15.0 Å². The van der Waals surface area contributed by atoms with E-state index in [1.807, 2.05) is 57.2 Å². The highest BCUT2D eigenvalue weighted by Gasteiger charge is 2.38. The molecule has 1 aliphatic heterocycles. The van der Waals surface area contributed by atoms with Crippen LogP contribution in [0.4, 0.5) is 11.4 Å². The van der Waals surface area contributed by atoms with Crippen molar-refractivity contribution in [3.05, 3.63) is 58.9 Å². The quantitative estimate of drug-likeness (QED) is 0.540. The van der Waals surface area contributed by atoms with Crippen LogP contribution in [0.15, 0.2) is 57.5 Å². The number of hydrogen-bond acceptors (Lipinski definition) is 5. The smallest absolute Gasteiger partial charge is 0.239 e. The molecule has 3 aromatic rings. The lowest BCUT2D eigenvalue weighted by Gasteiger charge is -2.18. The van der Waals surface area contributed by atoms with Crippen LogP contribution in [0.25, 0.3) is 11.4 Å². The summed E-state index contributed by atoms with van der Waals surface area (Å²) in [6, 6.07) is 14.7. The zero-order valence-corrected chi connectivity index (χ0v) is 19.1. The number of rotatable bonds is 4. The van der Waals surface area contributed by atoms with Crippen molar-refractivity contribution in [3.8, 4) is 11.4 Å². The predicted molar refractivity (Wildman–Crippen MR) is 122 cm³/mol. The second kappa shape index (κ2) is 8.26. The Hall–Kier alpha value is -3.00. The Kier molecular flexibility index (Phi) is 5.66. The van der Waals surface area contributed by atoms with Gasteiger partial charge in [-0.05, 0) is 58.7 Å². The molecule has 2 heterocycles. The van der Waals surface area contributed by atoms with E-state index < -0.39 is 5.92 Å². The van der Waals surface area contributed by atoms with Crippen LogP contribution >= 0.6 is 15.9 Å². The number of benzene rings is 2. The second-order valence-electron chi connectivity index (χ2n) is 8.52. The number of halogens is 1. The van der Waals surface area contributed by atoms with Crippen molar-refractivity contribution >= 4 is 39.1 Å². The van der Waals surface area contributed by atoms with E-state index in [0.717, 1.165) is 15.7 Å². The van der Waals surface area contributed by atoms with Gasteiger partial charge in [-0.25, -0.2) is 0 Å². The van der Waals surface area contributed by atoms with Gasteiger partial charge in [-0.2, -0.15) is 4.98 Å². The van der Waals surface area contributed by atoms with Crippen molar-refractivity contribution in [1.29, 1.82) is 0 Å². The first-order valence-corrected chi connectivity index (χ1v) is 10.8. The normalized spacial score (nSPS) is 16.6. The van der Waals surface area contributed by atoms with Gasteiger partial charge in [0.1, 0.15) is 5.92 Å². The Morgan fingerprint density at radius 3 is 2.52 bits per heavy atom. The minimum atomic E-state index is -0.710. The Labute approximate surface area is 189 Å². The Morgan fingerprint density at radius 2 is 1.87 bits per heavy atom. The summed E-state index contributed by atoms with van der Waals surface area (Å²) >= 11 is 3.47. The van der Waals surface area contributed by atoms with Gasteiger partial charge in [0.05, 0.1) is 5.69 Å². The lowest BCUT2D eigenvalue weighted by molar-refractivity contribution is -0.129. The standard InChI is InChI=1S/C23H23BrN4O3/c1-23(2,3)22-26-19(27-31-22)14-8-10-15(11-9-14)25-20(29)16-12-13-28(21(16)30)18-7-5-4-6-17(18)24/h4-11,16H,12-13H2,1-3H3,(H,25,29). The lowest BCUT2D eigenvalue weighted by Crippen LogP contribution is -2.33. The Morgan fingerprint density at radius 1 is 1.16 bits per heavy atom. The molecule has 2 aromatic carbocycles. The summed E-state index contributed by atoms with van der Waals surface area (Å²) in [7, 11) is 0. The number of carbonyl (C=O) groups excluding carboxylic acids is 2. The zero-order chi connectivity index (χ0) is 22.2. The summed E-state index contributed by atoms with van der Waals surface area (Å²) in [6.07, 6.45) is 0.475. The summed E-state index contributed by atoms with van der Waals surface area (Å²) in [6.45, 7) is 6.52. The van der Waals surface area contributed by atoms with Crippen molar-refractivity contribution in [1.82, 2.24) is 10.1 Å². The largest absolute Gasteiger partial charge is 0.338 e. The van der Waals surface area contributed by atoms with Crippen LogP contribution in [0.5, 0.6) is 0 Å². The molecule has 1 aliphatic rings. The van der Waals surface area contributed by atoms with E-state index in [0.29, 0.717) is 30.4 Å². The fourth-order valence-corrected chi connectivity index (χ4v) is 3.91. The van der Waals surface area contributed by atoms with Crippen molar-refractivity contribution in [3.63, 3.8) is 0 Å². The van der Waals surface area contributed by atoms with E-state index in [-0.39, 0.29) is 17.2 Å². The minimum absolute atomic E-state index is 0.192. The second-order valence-corrected chi connectivity index (χ2v) is 9.38. The molecule has 1 saturated heterocycles. The molecule has 1 N–H and O–H groups in total. The molecule has 0 spiro atoms. The molecule has 31 heavy (non-hydrogen) atoms. The molecule has 7 nitrogen and oxygen atoms in total. The Balaban J connectivity index is 1.43. The van der Waals surface area contributed by atoms with Crippen LogP contribution in [0.3, 0.4) is 0 Å². The maximum atomic E-state index is 12.8. The molecule has 1 fully saturated rings. The van der Waals surface area contributed by atoms with Gasteiger partial charge in [0, 0.05) is 27.7 Å². The van der Waals surface area contributed by atoms with Crippen molar-refractivity contribution in [2.45, 2.75) is 32.6 Å². The monoisotopic (exact) mass is 482 g/mol. The maximum absolute atomic E-state index is 12.8. The Bertz CT molecular complexity index is 1120. The highest BCUT2D eigenvalue weighted by atomic mass is 79.9. The molecular formula is C23H23BrN4O3. The summed E-state index contributed by atoms with van der Waals surface area (Å²) in [5.74, 6) is -0.144. The van der Waals surface area contributed by atoms with Crippen molar-refractivity contribution in [2.75, 3.05) is 16.8 Å². The number of amides is 2. The van der Waals surface area contributed by atoms with E-state index in [4.69, 9.17) is 4.52 Å². The van der Waals surface area contributed by atoms with E-state index in [1.165, 1.54) is 0 Å². The van der Waals surface area contributed by atoms with Crippen LogP contribution in [-0.4, -0.2) is 28.5 Å². The van der Waals surface area contributed by atoms with Crippen LogP contribution in [0.2, 0.25) is 0 Å². The lowest BCUT2D eigenvalue weighted by atomic mass is 9.97. The number of anilines is 2. The molecule has 1 aromatic heterocycles. The van der Waals surface area contributed by atoms with Gasteiger partial charge in [0.25, 0.3) is 0 Å². The first-order valence-electron chi connectivity index (χ1n) is 10.1. The highest BCUT2D eigenvalue weighted by Crippen LogP contribution is 2.32. The number of aromatic nitrogens is 2. The zero-order valence-electron chi connectivity index (χ0n) is 17.6. The van der Waals surface area contributed by atoms with E-state index in [9.17, 15) is 9.59 Å². The molecule has 4 rings (SSSR count). The summed E-state index contributed by atoms with van der Waals surface area (Å²) in [5.41, 5.74) is 1.95. The number of para-hydroxylation sites is 1.